The Bertz CT molecular complexity index is 544. The van der Waals surface area contributed by atoms with Crippen molar-refractivity contribution in [3.63, 3.8) is 0 Å². The van der Waals surface area contributed by atoms with E-state index in [0.717, 1.165) is 9.35 Å². The molecule has 1 aromatic carbocycles. The number of rotatable bonds is 4. The van der Waals surface area contributed by atoms with Gasteiger partial charge in [0.25, 0.3) is 0 Å². The van der Waals surface area contributed by atoms with Crippen LogP contribution in [0.25, 0.3) is 0 Å². The average Bonchev–Trinajstić information content (AvgIpc) is 2.74. The van der Waals surface area contributed by atoms with Gasteiger partial charge in [-0.2, -0.15) is 0 Å². The molecule has 1 heterocycles. The van der Waals surface area contributed by atoms with Crippen LogP contribution in [0.3, 0.4) is 0 Å². The van der Waals surface area contributed by atoms with E-state index in [1.165, 1.54) is 6.07 Å². The van der Waals surface area contributed by atoms with Crippen molar-refractivity contribution < 1.29 is 9.50 Å². The van der Waals surface area contributed by atoms with E-state index in [0.29, 0.717) is 17.8 Å². The van der Waals surface area contributed by atoms with E-state index in [-0.39, 0.29) is 12.4 Å². The van der Waals surface area contributed by atoms with E-state index in [4.69, 9.17) is 5.11 Å². The predicted molar refractivity (Wildman–Crippen MR) is 76.4 cm³/mol. The number of anilines is 1. The molecule has 0 saturated heterocycles. The lowest BCUT2D eigenvalue weighted by atomic mass is 10.2. The van der Waals surface area contributed by atoms with E-state index < -0.39 is 0 Å². The van der Waals surface area contributed by atoms with Gasteiger partial charge >= 0.3 is 0 Å². The number of halogens is 2. The molecule has 0 aliphatic heterocycles. The Morgan fingerprint density at radius 3 is 2.72 bits per heavy atom. The predicted octanol–water partition coefficient (Wildman–Crippen LogP) is 3.78. The highest BCUT2D eigenvalue weighted by Crippen LogP contribution is 2.25. The number of aliphatic hydroxyl groups excluding tert-OH is 1. The van der Waals surface area contributed by atoms with Gasteiger partial charge in [0, 0.05) is 21.8 Å². The lowest BCUT2D eigenvalue weighted by Crippen LogP contribution is -2.17. The Morgan fingerprint density at radius 2 is 2.17 bits per heavy atom. The Hall–Kier alpha value is -0.910. The number of benzene rings is 1. The molecule has 0 fully saturated rings. The summed E-state index contributed by atoms with van der Waals surface area (Å²) in [7, 11) is 1.85. The molecule has 0 unspecified atom stereocenters. The van der Waals surface area contributed by atoms with Gasteiger partial charge in [-0.15, -0.1) is 11.3 Å². The first kappa shape index (κ1) is 13.5. The quantitative estimate of drug-likeness (QED) is 0.922. The second-order valence-electron chi connectivity index (χ2n) is 4.03. The fourth-order valence-corrected chi connectivity index (χ4v) is 3.22. The van der Waals surface area contributed by atoms with Gasteiger partial charge < -0.3 is 10.0 Å². The van der Waals surface area contributed by atoms with Crippen LogP contribution in [0.15, 0.2) is 34.1 Å². The van der Waals surface area contributed by atoms with Crippen molar-refractivity contribution in [3.8, 4) is 0 Å². The lowest BCUT2D eigenvalue weighted by molar-refractivity contribution is 0.281. The van der Waals surface area contributed by atoms with Crippen molar-refractivity contribution >= 4 is 33.0 Å². The van der Waals surface area contributed by atoms with Crippen LogP contribution in [0, 0.1) is 5.82 Å². The van der Waals surface area contributed by atoms with Gasteiger partial charge in [0.05, 0.1) is 18.8 Å². The Balaban J connectivity index is 2.15. The van der Waals surface area contributed by atoms with E-state index in [1.807, 2.05) is 23.4 Å². The standard InChI is InChI=1S/C13H13BrFNOS/c1-16(6-11-5-10(14)8-18-11)13-3-2-9(7-17)4-12(13)15/h2-5,8,17H,6-7H2,1H3. The minimum atomic E-state index is -0.306. The second-order valence-corrected chi connectivity index (χ2v) is 5.94. The first-order valence-electron chi connectivity index (χ1n) is 5.43. The molecule has 1 N–H and O–H groups in total. The van der Waals surface area contributed by atoms with E-state index >= 15 is 0 Å². The Labute approximate surface area is 118 Å². The van der Waals surface area contributed by atoms with Gasteiger partial charge in [0.2, 0.25) is 0 Å². The summed E-state index contributed by atoms with van der Waals surface area (Å²) < 4.78 is 14.9. The number of thiophene rings is 1. The molecule has 18 heavy (non-hydrogen) atoms. The topological polar surface area (TPSA) is 23.5 Å². The van der Waals surface area contributed by atoms with Crippen molar-refractivity contribution in [2.75, 3.05) is 11.9 Å². The van der Waals surface area contributed by atoms with Crippen molar-refractivity contribution in [3.05, 3.63) is 50.4 Å². The highest BCUT2D eigenvalue weighted by Gasteiger charge is 2.09. The largest absolute Gasteiger partial charge is 0.392 e. The first-order valence-corrected chi connectivity index (χ1v) is 7.10. The molecular formula is C13H13BrFNOS. The summed E-state index contributed by atoms with van der Waals surface area (Å²) >= 11 is 5.04. The summed E-state index contributed by atoms with van der Waals surface area (Å²) in [6, 6.07) is 6.83. The molecule has 5 heteroatoms. The van der Waals surface area contributed by atoms with E-state index in [9.17, 15) is 4.39 Å². The summed E-state index contributed by atoms with van der Waals surface area (Å²) in [6.07, 6.45) is 0. The second kappa shape index (κ2) is 5.82. The van der Waals surface area contributed by atoms with Crippen LogP contribution in [-0.2, 0) is 13.2 Å². The number of aliphatic hydroxyl groups is 1. The molecule has 0 bridgehead atoms. The van der Waals surface area contributed by atoms with E-state index in [1.54, 1.807) is 23.5 Å². The van der Waals surface area contributed by atoms with Crippen LogP contribution in [0.4, 0.5) is 10.1 Å². The third-order valence-electron chi connectivity index (χ3n) is 2.62. The summed E-state index contributed by atoms with van der Waals surface area (Å²) in [4.78, 5) is 3.02. The molecule has 2 rings (SSSR count). The van der Waals surface area contributed by atoms with Crippen LogP contribution in [-0.4, -0.2) is 12.2 Å². The van der Waals surface area contributed by atoms with E-state index in [2.05, 4.69) is 15.9 Å². The normalized spacial score (nSPS) is 10.7. The fourth-order valence-electron chi connectivity index (χ4n) is 1.71. The Kier molecular flexibility index (Phi) is 4.37. The van der Waals surface area contributed by atoms with Crippen LogP contribution >= 0.6 is 27.3 Å². The zero-order valence-corrected chi connectivity index (χ0v) is 12.3. The zero-order chi connectivity index (χ0) is 13.1. The van der Waals surface area contributed by atoms with Crippen molar-refractivity contribution in [1.29, 1.82) is 0 Å². The summed E-state index contributed by atoms with van der Waals surface area (Å²) in [5.74, 6) is -0.306. The first-order chi connectivity index (χ1) is 8.60. The third kappa shape index (κ3) is 3.10. The molecule has 0 radical (unpaired) electrons. The van der Waals surface area contributed by atoms with Gasteiger partial charge in [-0.05, 0) is 39.7 Å². The van der Waals surface area contributed by atoms with Crippen LogP contribution < -0.4 is 4.90 Å². The highest BCUT2D eigenvalue weighted by atomic mass is 79.9. The summed E-state index contributed by atoms with van der Waals surface area (Å²) in [5.41, 5.74) is 1.13. The summed E-state index contributed by atoms with van der Waals surface area (Å²) in [5, 5.41) is 11.0. The van der Waals surface area contributed by atoms with Gasteiger partial charge in [0.15, 0.2) is 0 Å². The van der Waals surface area contributed by atoms with Crippen molar-refractivity contribution in [2.24, 2.45) is 0 Å². The fraction of sp³-hybridized carbons (Fsp3) is 0.231. The van der Waals surface area contributed by atoms with Crippen LogP contribution in [0.2, 0.25) is 0 Å². The molecule has 1 aromatic heterocycles. The summed E-state index contributed by atoms with van der Waals surface area (Å²) in [6.45, 7) is 0.518. The van der Waals surface area contributed by atoms with Crippen LogP contribution in [0.5, 0.6) is 0 Å². The van der Waals surface area contributed by atoms with Gasteiger partial charge in [0.1, 0.15) is 5.82 Å². The molecule has 0 saturated carbocycles. The lowest BCUT2D eigenvalue weighted by Gasteiger charge is -2.19. The smallest absolute Gasteiger partial charge is 0.146 e. The highest BCUT2D eigenvalue weighted by molar-refractivity contribution is 9.10. The minimum absolute atomic E-state index is 0.140. The maximum absolute atomic E-state index is 13.8. The SMILES string of the molecule is CN(Cc1cc(Br)cs1)c1ccc(CO)cc1F. The van der Waals surface area contributed by atoms with Crippen LogP contribution in [0.1, 0.15) is 10.4 Å². The molecule has 2 aromatic rings. The molecule has 96 valence electrons. The maximum Gasteiger partial charge on any atom is 0.146 e. The monoisotopic (exact) mass is 329 g/mol. The van der Waals surface area contributed by atoms with Gasteiger partial charge in [-0.25, -0.2) is 4.39 Å². The number of nitrogens with zero attached hydrogens (tertiary/aromatic N) is 1. The zero-order valence-electron chi connectivity index (χ0n) is 9.86. The molecule has 0 amide bonds. The molecular weight excluding hydrogens is 317 g/mol. The van der Waals surface area contributed by atoms with Crippen molar-refractivity contribution in [2.45, 2.75) is 13.2 Å². The number of hydrogen-bond acceptors (Lipinski definition) is 3. The van der Waals surface area contributed by atoms with Gasteiger partial charge in [-0.3, -0.25) is 0 Å². The molecule has 0 aliphatic carbocycles. The molecule has 2 nitrogen and oxygen atoms in total. The number of hydrogen-bond donors (Lipinski definition) is 1. The average molecular weight is 330 g/mol. The third-order valence-corrected chi connectivity index (χ3v) is 4.30. The minimum Gasteiger partial charge on any atom is -0.392 e. The van der Waals surface area contributed by atoms with Gasteiger partial charge in [-0.1, -0.05) is 6.07 Å². The molecule has 0 atom stereocenters. The van der Waals surface area contributed by atoms with Crippen molar-refractivity contribution in [1.82, 2.24) is 0 Å². The maximum atomic E-state index is 13.8. The molecule has 0 aliphatic rings. The Morgan fingerprint density at radius 1 is 1.39 bits per heavy atom. The molecule has 0 spiro atoms.